The van der Waals surface area contributed by atoms with Crippen LogP contribution >= 0.6 is 0 Å². The van der Waals surface area contributed by atoms with Crippen molar-refractivity contribution in [1.29, 1.82) is 0 Å². The Labute approximate surface area is 204 Å². The van der Waals surface area contributed by atoms with E-state index < -0.39 is 0 Å². The van der Waals surface area contributed by atoms with Gasteiger partial charge in [0.25, 0.3) is 0 Å². The van der Waals surface area contributed by atoms with Gasteiger partial charge in [0, 0.05) is 0 Å². The summed E-state index contributed by atoms with van der Waals surface area (Å²) >= 11 is 2.37. The van der Waals surface area contributed by atoms with Crippen LogP contribution in [0.3, 0.4) is 0 Å². The Hall–Kier alpha value is -1.28. The van der Waals surface area contributed by atoms with E-state index in [-0.39, 0.29) is 46.4 Å². The van der Waals surface area contributed by atoms with Crippen molar-refractivity contribution < 1.29 is 57.7 Å². The summed E-state index contributed by atoms with van der Waals surface area (Å²) < 4.78 is -0.142. The van der Waals surface area contributed by atoms with Crippen molar-refractivity contribution >= 4 is 5.57 Å². The number of allylic oxidation sites excluding steroid dienone is 4. The minimum Gasteiger partial charge on any atom is -1.00 e. The third-order valence-electron chi connectivity index (χ3n) is 5.61. The largest absolute Gasteiger partial charge is 1.00 e. The predicted octanol–water partition coefficient (Wildman–Crippen LogP) is -2.64. The molecule has 0 nitrogen and oxygen atoms in total. The molecule has 1 unspecified atom stereocenters. The van der Waals surface area contributed by atoms with Gasteiger partial charge in [-0.05, 0) is 0 Å². The van der Waals surface area contributed by atoms with Gasteiger partial charge in [-0.3, -0.25) is 0 Å². The third-order valence-corrected chi connectivity index (χ3v) is 7.07. The summed E-state index contributed by atoms with van der Waals surface area (Å²) in [5, 5.41) is 0. The second kappa shape index (κ2) is 10.7. The van der Waals surface area contributed by atoms with Crippen LogP contribution in [0.5, 0.6) is 0 Å². The van der Waals surface area contributed by atoms with Crippen molar-refractivity contribution in [1.82, 2.24) is 0 Å². The van der Waals surface area contributed by atoms with E-state index in [9.17, 15) is 0 Å². The fourth-order valence-electron chi connectivity index (χ4n) is 4.05. The maximum Gasteiger partial charge on any atom is -1.00 e. The normalized spacial score (nSPS) is 17.4. The summed E-state index contributed by atoms with van der Waals surface area (Å²) in [5.74, 6) is 0. The van der Waals surface area contributed by atoms with E-state index in [4.69, 9.17) is 0 Å². The van der Waals surface area contributed by atoms with Crippen LogP contribution in [0.1, 0.15) is 23.6 Å². The molecular weight excluding hydrogens is 455 g/mol. The monoisotopic (exact) mass is 474 g/mol. The molecule has 1 atom stereocenters. The zero-order chi connectivity index (χ0) is 18.0. The van der Waals surface area contributed by atoms with Gasteiger partial charge in [-0.1, -0.05) is 0 Å². The summed E-state index contributed by atoms with van der Waals surface area (Å²) in [6.45, 7) is 2.38. The standard InChI is InChI=1S/C25H21.3ClH.Ti/c1-25(21-14-7-3-8-15-21,22-16-9-4-10-17-22)24-19-11-18-23(24)20-12-5-2-6-13-20;;;;/h2-19H,1H3;3*1H;/q;;;;+3/p-3. The van der Waals surface area contributed by atoms with Gasteiger partial charge in [0.1, 0.15) is 0 Å². The predicted molar refractivity (Wildman–Crippen MR) is 106 cm³/mol. The number of halogens is 3. The van der Waals surface area contributed by atoms with Crippen molar-refractivity contribution in [3.63, 3.8) is 0 Å². The number of rotatable bonds is 4. The van der Waals surface area contributed by atoms with Gasteiger partial charge in [0.05, 0.1) is 0 Å². The molecule has 0 aliphatic heterocycles. The Morgan fingerprint density at radius 2 is 1.07 bits per heavy atom. The van der Waals surface area contributed by atoms with Gasteiger partial charge < -0.3 is 37.2 Å². The van der Waals surface area contributed by atoms with E-state index in [1.165, 1.54) is 22.3 Å². The van der Waals surface area contributed by atoms with Crippen LogP contribution in [-0.2, 0) is 25.9 Å². The van der Waals surface area contributed by atoms with Crippen LogP contribution in [0.25, 0.3) is 5.57 Å². The van der Waals surface area contributed by atoms with Crippen LogP contribution in [0.15, 0.2) is 109 Å². The number of hydrogen-bond donors (Lipinski definition) is 0. The summed E-state index contributed by atoms with van der Waals surface area (Å²) in [6.07, 6.45) is 6.86. The minimum absolute atomic E-state index is 0. The van der Waals surface area contributed by atoms with Crippen molar-refractivity contribution in [2.75, 3.05) is 0 Å². The molecule has 4 heteroatoms. The zero-order valence-electron chi connectivity index (χ0n) is 16.0. The SMILES string of the molecule is CC(c1ccccc1)(c1ccccc1)[C]1([Ti+3])C=CC=C1c1ccccc1.[Cl-].[Cl-].[Cl-]. The molecule has 0 N–H and O–H groups in total. The van der Waals surface area contributed by atoms with Gasteiger partial charge in [0.2, 0.25) is 0 Å². The van der Waals surface area contributed by atoms with Crippen molar-refractivity contribution in [3.8, 4) is 0 Å². The minimum atomic E-state index is -0.176. The first-order valence-corrected chi connectivity index (χ1v) is 9.76. The van der Waals surface area contributed by atoms with Crippen molar-refractivity contribution in [2.45, 2.75) is 16.1 Å². The molecule has 3 aromatic rings. The molecule has 29 heavy (non-hydrogen) atoms. The Morgan fingerprint density at radius 1 is 0.655 bits per heavy atom. The first-order valence-electron chi connectivity index (χ1n) is 8.98. The van der Waals surface area contributed by atoms with Gasteiger partial charge in [-0.25, -0.2) is 0 Å². The molecule has 0 heterocycles. The smallest absolute Gasteiger partial charge is 1.00 e. The van der Waals surface area contributed by atoms with E-state index in [2.05, 4.69) is 137 Å². The van der Waals surface area contributed by atoms with Crippen LogP contribution in [0.4, 0.5) is 0 Å². The van der Waals surface area contributed by atoms with E-state index in [0.29, 0.717) is 0 Å². The van der Waals surface area contributed by atoms with Crippen LogP contribution in [0, 0.1) is 0 Å². The first kappa shape index (κ1) is 25.8. The summed E-state index contributed by atoms with van der Waals surface area (Å²) in [6, 6.07) is 32.5. The Bertz CT molecular complexity index is 914. The molecule has 0 fully saturated rings. The maximum absolute atomic E-state index is 2.38. The van der Waals surface area contributed by atoms with E-state index in [1.54, 1.807) is 0 Å². The average Bonchev–Trinajstić information content (AvgIpc) is 3.12. The van der Waals surface area contributed by atoms with Gasteiger partial charge in [0.15, 0.2) is 0 Å². The topological polar surface area (TPSA) is 0 Å². The Kier molecular flexibility index (Phi) is 9.47. The summed E-state index contributed by atoms with van der Waals surface area (Å²) in [7, 11) is 0. The fourth-order valence-corrected chi connectivity index (χ4v) is 5.01. The first-order chi connectivity index (χ1) is 12.7. The van der Waals surface area contributed by atoms with Crippen LogP contribution < -0.4 is 37.2 Å². The van der Waals surface area contributed by atoms with Gasteiger partial charge in [-0.15, -0.1) is 0 Å². The molecule has 1 aliphatic rings. The summed E-state index contributed by atoms with van der Waals surface area (Å²) in [5.41, 5.74) is 5.15. The molecule has 0 aromatic heterocycles. The molecule has 4 rings (SSSR count). The molecule has 0 saturated carbocycles. The van der Waals surface area contributed by atoms with Crippen LogP contribution in [-0.4, -0.2) is 0 Å². The Morgan fingerprint density at radius 3 is 1.52 bits per heavy atom. The molecule has 0 amide bonds. The Balaban J connectivity index is 0.00000140. The van der Waals surface area contributed by atoms with E-state index in [0.717, 1.165) is 0 Å². The van der Waals surface area contributed by atoms with E-state index in [1.807, 2.05) is 0 Å². The molecule has 0 bridgehead atoms. The molecular formula is C25H21Cl3Ti. The number of benzene rings is 3. The quantitative estimate of drug-likeness (QED) is 0.362. The van der Waals surface area contributed by atoms with E-state index >= 15 is 0 Å². The van der Waals surface area contributed by atoms with Gasteiger partial charge >= 0.3 is 168 Å². The maximum atomic E-state index is 2.38. The summed E-state index contributed by atoms with van der Waals surface area (Å²) in [4.78, 5) is 0. The third kappa shape index (κ3) is 4.43. The zero-order valence-corrected chi connectivity index (χ0v) is 19.9. The molecule has 1 aliphatic carbocycles. The average molecular weight is 476 g/mol. The van der Waals surface area contributed by atoms with Crippen molar-refractivity contribution in [2.24, 2.45) is 0 Å². The second-order valence-corrected chi connectivity index (χ2v) is 8.20. The molecule has 146 valence electrons. The van der Waals surface area contributed by atoms with Gasteiger partial charge in [-0.2, -0.15) is 0 Å². The fraction of sp³-hybridized carbons (Fsp3) is 0.120. The van der Waals surface area contributed by atoms with Crippen LogP contribution in [0.2, 0.25) is 3.72 Å². The van der Waals surface area contributed by atoms with Crippen molar-refractivity contribution in [3.05, 3.63) is 126 Å². The second-order valence-electron chi connectivity index (χ2n) is 6.97. The molecule has 0 spiro atoms. The molecule has 0 saturated heterocycles. The molecule has 3 aromatic carbocycles. The number of hydrogen-bond acceptors (Lipinski definition) is 0. The molecule has 0 radical (unpaired) electrons.